The molecule has 1 fully saturated rings. The smallest absolute Gasteiger partial charge is 0.230 e. The summed E-state index contributed by atoms with van der Waals surface area (Å²) in [5.41, 5.74) is 1.73. The van der Waals surface area contributed by atoms with Gasteiger partial charge in [0.05, 0.1) is 5.69 Å². The van der Waals surface area contributed by atoms with Gasteiger partial charge in [0.25, 0.3) is 0 Å². The van der Waals surface area contributed by atoms with Crippen molar-refractivity contribution in [1.29, 1.82) is 0 Å². The molecule has 0 radical (unpaired) electrons. The van der Waals surface area contributed by atoms with Crippen LogP contribution in [-0.2, 0) is 20.8 Å². The van der Waals surface area contributed by atoms with E-state index in [0.29, 0.717) is 11.4 Å². The Labute approximate surface area is 182 Å². The van der Waals surface area contributed by atoms with Gasteiger partial charge in [0.15, 0.2) is 5.12 Å². The monoisotopic (exact) mass is 424 g/mol. The van der Waals surface area contributed by atoms with Crippen LogP contribution in [0.25, 0.3) is 0 Å². The highest BCUT2D eigenvalue weighted by molar-refractivity contribution is 8.13. The molecule has 1 aliphatic rings. The summed E-state index contributed by atoms with van der Waals surface area (Å²) in [6.07, 6.45) is 5.31. The molecule has 5 nitrogen and oxygen atoms in total. The first-order valence-corrected chi connectivity index (χ1v) is 11.2. The lowest BCUT2D eigenvalue weighted by molar-refractivity contribution is -0.126. The van der Waals surface area contributed by atoms with E-state index in [1.165, 1.54) is 13.3 Å². The third kappa shape index (κ3) is 5.72. The quantitative estimate of drug-likeness (QED) is 0.608. The van der Waals surface area contributed by atoms with E-state index in [0.717, 1.165) is 47.9 Å². The van der Waals surface area contributed by atoms with Gasteiger partial charge in [-0.2, -0.15) is 0 Å². The highest BCUT2D eigenvalue weighted by Gasteiger charge is 2.34. The summed E-state index contributed by atoms with van der Waals surface area (Å²) < 4.78 is 0. The molecule has 3 rings (SSSR count). The largest absolute Gasteiger partial charge is 0.326 e. The van der Waals surface area contributed by atoms with Crippen molar-refractivity contribution in [2.45, 2.75) is 57.3 Å². The van der Waals surface area contributed by atoms with E-state index in [-0.39, 0.29) is 28.8 Å². The van der Waals surface area contributed by atoms with Gasteiger partial charge in [-0.15, -0.1) is 0 Å². The van der Waals surface area contributed by atoms with Gasteiger partial charge in [-0.25, -0.2) is 0 Å². The molecule has 2 N–H and O–H groups in total. The Morgan fingerprint density at radius 2 is 1.53 bits per heavy atom. The van der Waals surface area contributed by atoms with Crippen molar-refractivity contribution in [1.82, 2.24) is 0 Å². The minimum absolute atomic E-state index is 0.0266. The fourth-order valence-corrected chi connectivity index (χ4v) is 4.64. The number of hydrogen-bond acceptors (Lipinski definition) is 4. The number of para-hydroxylation sites is 2. The average molecular weight is 425 g/mol. The fourth-order valence-electron chi connectivity index (χ4n) is 3.79. The maximum absolute atomic E-state index is 12.9. The summed E-state index contributed by atoms with van der Waals surface area (Å²) in [6, 6.07) is 14.7. The number of carbonyl (C=O) groups is 3. The number of thioether (sulfide) groups is 1. The summed E-state index contributed by atoms with van der Waals surface area (Å²) in [4.78, 5) is 37.8. The predicted octanol–water partition coefficient (Wildman–Crippen LogP) is 5.42. The highest BCUT2D eigenvalue weighted by atomic mass is 32.2. The van der Waals surface area contributed by atoms with Crippen molar-refractivity contribution in [2.75, 3.05) is 10.6 Å². The van der Waals surface area contributed by atoms with E-state index in [9.17, 15) is 14.4 Å². The Kier molecular flexibility index (Phi) is 7.32. The molecule has 2 aromatic carbocycles. The SMILES string of the molecule is CC(=O)Nc1ccccc1CC(=O)Sc1ccccc1NC(=O)C1(C)CCCCC1. The van der Waals surface area contributed by atoms with Crippen LogP contribution in [0.3, 0.4) is 0 Å². The number of amides is 2. The summed E-state index contributed by atoms with van der Waals surface area (Å²) in [7, 11) is 0. The molecule has 2 aromatic rings. The molecule has 1 aliphatic carbocycles. The molecular weight excluding hydrogens is 396 g/mol. The number of nitrogens with one attached hydrogen (secondary N) is 2. The molecule has 1 saturated carbocycles. The molecule has 0 saturated heterocycles. The third-order valence-corrected chi connectivity index (χ3v) is 6.48. The Morgan fingerprint density at radius 3 is 2.23 bits per heavy atom. The van der Waals surface area contributed by atoms with Crippen LogP contribution in [0.15, 0.2) is 53.4 Å². The second-order valence-corrected chi connectivity index (χ2v) is 9.16. The van der Waals surface area contributed by atoms with Gasteiger partial charge in [-0.05, 0) is 48.4 Å². The zero-order chi connectivity index (χ0) is 21.6. The maximum atomic E-state index is 12.9. The van der Waals surface area contributed by atoms with Crippen LogP contribution in [0.4, 0.5) is 11.4 Å². The normalized spacial score (nSPS) is 15.3. The zero-order valence-electron chi connectivity index (χ0n) is 17.5. The van der Waals surface area contributed by atoms with Gasteiger partial charge in [0, 0.05) is 29.3 Å². The number of rotatable bonds is 6. The number of carbonyl (C=O) groups excluding carboxylic acids is 3. The maximum Gasteiger partial charge on any atom is 0.230 e. The van der Waals surface area contributed by atoms with E-state index < -0.39 is 0 Å². The van der Waals surface area contributed by atoms with E-state index in [1.54, 1.807) is 6.07 Å². The summed E-state index contributed by atoms with van der Waals surface area (Å²) in [5.74, 6) is -0.148. The molecule has 0 bridgehead atoms. The van der Waals surface area contributed by atoms with E-state index in [1.807, 2.05) is 49.4 Å². The van der Waals surface area contributed by atoms with E-state index >= 15 is 0 Å². The van der Waals surface area contributed by atoms with E-state index in [4.69, 9.17) is 0 Å². The summed E-state index contributed by atoms with van der Waals surface area (Å²) >= 11 is 1.11. The minimum Gasteiger partial charge on any atom is -0.326 e. The van der Waals surface area contributed by atoms with Gasteiger partial charge < -0.3 is 10.6 Å². The van der Waals surface area contributed by atoms with Crippen molar-refractivity contribution in [3.63, 3.8) is 0 Å². The Balaban J connectivity index is 1.70. The number of benzene rings is 2. The van der Waals surface area contributed by atoms with Crippen LogP contribution in [0.1, 0.15) is 51.5 Å². The lowest BCUT2D eigenvalue weighted by Gasteiger charge is -2.32. The molecule has 6 heteroatoms. The van der Waals surface area contributed by atoms with Crippen LogP contribution in [0.5, 0.6) is 0 Å². The molecule has 0 unspecified atom stereocenters. The average Bonchev–Trinajstić information content (AvgIpc) is 2.71. The first kappa shape index (κ1) is 22.1. The van der Waals surface area contributed by atoms with Crippen LogP contribution in [0.2, 0.25) is 0 Å². The predicted molar refractivity (Wildman–Crippen MR) is 122 cm³/mol. The van der Waals surface area contributed by atoms with Crippen LogP contribution >= 0.6 is 11.8 Å². The number of hydrogen-bond donors (Lipinski definition) is 2. The van der Waals surface area contributed by atoms with Crippen molar-refractivity contribution in [3.05, 3.63) is 54.1 Å². The molecule has 2 amide bonds. The Morgan fingerprint density at radius 1 is 0.900 bits per heavy atom. The fraction of sp³-hybridized carbons (Fsp3) is 0.375. The van der Waals surface area contributed by atoms with Crippen LogP contribution in [-0.4, -0.2) is 16.9 Å². The minimum atomic E-state index is -0.350. The molecule has 30 heavy (non-hydrogen) atoms. The second kappa shape index (κ2) is 9.94. The first-order valence-electron chi connectivity index (χ1n) is 10.3. The van der Waals surface area contributed by atoms with Gasteiger partial charge in [0.1, 0.15) is 0 Å². The lowest BCUT2D eigenvalue weighted by atomic mass is 9.75. The summed E-state index contributed by atoms with van der Waals surface area (Å²) in [6.45, 7) is 3.47. The standard InChI is InChI=1S/C24H28N2O3S/c1-17(27)25-19-11-5-4-10-18(19)16-22(28)30-21-13-7-6-12-20(21)26-23(29)24(2)14-8-3-9-15-24/h4-7,10-13H,3,8-9,14-16H2,1-2H3,(H,25,27)(H,26,29). The molecule has 158 valence electrons. The first-order chi connectivity index (χ1) is 14.4. The molecule has 0 aromatic heterocycles. The Bertz CT molecular complexity index is 936. The van der Waals surface area contributed by atoms with Gasteiger partial charge in [-0.1, -0.05) is 56.5 Å². The van der Waals surface area contributed by atoms with Gasteiger partial charge in [-0.3, -0.25) is 14.4 Å². The topological polar surface area (TPSA) is 75.3 Å². The van der Waals surface area contributed by atoms with Gasteiger partial charge in [0.2, 0.25) is 11.8 Å². The van der Waals surface area contributed by atoms with Crippen molar-refractivity contribution in [2.24, 2.45) is 5.41 Å². The van der Waals surface area contributed by atoms with Gasteiger partial charge >= 0.3 is 0 Å². The van der Waals surface area contributed by atoms with Crippen molar-refractivity contribution in [3.8, 4) is 0 Å². The van der Waals surface area contributed by atoms with Crippen LogP contribution in [0, 0.1) is 5.41 Å². The second-order valence-electron chi connectivity index (χ2n) is 8.06. The molecular formula is C24H28N2O3S. The summed E-state index contributed by atoms with van der Waals surface area (Å²) in [5, 5.41) is 5.76. The van der Waals surface area contributed by atoms with E-state index in [2.05, 4.69) is 10.6 Å². The molecule has 0 aliphatic heterocycles. The van der Waals surface area contributed by atoms with Crippen LogP contribution < -0.4 is 10.6 Å². The molecule has 0 atom stereocenters. The highest BCUT2D eigenvalue weighted by Crippen LogP contribution is 2.38. The lowest BCUT2D eigenvalue weighted by Crippen LogP contribution is -2.35. The Hall–Kier alpha value is -2.60. The van der Waals surface area contributed by atoms with Crippen molar-refractivity contribution >= 4 is 40.1 Å². The molecule has 0 spiro atoms. The number of anilines is 2. The molecule has 0 heterocycles. The van der Waals surface area contributed by atoms with Crippen molar-refractivity contribution < 1.29 is 14.4 Å². The zero-order valence-corrected chi connectivity index (χ0v) is 18.3. The third-order valence-electron chi connectivity index (χ3n) is 5.53.